The Morgan fingerprint density at radius 2 is 1.58 bits per heavy atom. The van der Waals surface area contributed by atoms with Gasteiger partial charge in [0.2, 0.25) is 11.8 Å². The topological polar surface area (TPSA) is 87.7 Å². The second-order valence-corrected chi connectivity index (χ2v) is 7.72. The van der Waals surface area contributed by atoms with Gasteiger partial charge in [-0.2, -0.15) is 0 Å². The highest BCUT2D eigenvalue weighted by Gasteiger charge is 2.34. The highest BCUT2D eigenvalue weighted by atomic mass is 16.5. The Morgan fingerprint density at radius 3 is 2.27 bits per heavy atom. The molecule has 4 rings (SSSR count). The fourth-order valence-electron chi connectivity index (χ4n) is 3.66. The van der Waals surface area contributed by atoms with Crippen LogP contribution in [0.25, 0.3) is 0 Å². The third-order valence-corrected chi connectivity index (χ3v) is 5.40. The summed E-state index contributed by atoms with van der Waals surface area (Å²) in [7, 11) is 0. The van der Waals surface area contributed by atoms with Crippen LogP contribution in [0, 0.1) is 0 Å². The molecule has 2 amide bonds. The Balaban J connectivity index is 1.40. The average Bonchev–Trinajstić information content (AvgIpc) is 2.87. The predicted molar refractivity (Wildman–Crippen MR) is 124 cm³/mol. The van der Waals surface area contributed by atoms with Crippen molar-refractivity contribution in [1.29, 1.82) is 0 Å². The first-order valence-electron chi connectivity index (χ1n) is 10.8. The number of piperazine rings is 1. The molecule has 168 valence electrons. The van der Waals surface area contributed by atoms with E-state index in [0.29, 0.717) is 24.3 Å². The van der Waals surface area contributed by atoms with Crippen LogP contribution in [0.2, 0.25) is 0 Å². The highest BCUT2D eigenvalue weighted by Crippen LogP contribution is 2.21. The molecule has 1 aliphatic heterocycles. The van der Waals surface area contributed by atoms with Crippen molar-refractivity contribution >= 4 is 23.5 Å². The number of amides is 2. The van der Waals surface area contributed by atoms with Gasteiger partial charge in [0, 0.05) is 18.8 Å². The summed E-state index contributed by atoms with van der Waals surface area (Å²) in [6, 6.07) is 24.9. The predicted octanol–water partition coefficient (Wildman–Crippen LogP) is 2.66. The number of nitrogens with zero attached hydrogens (tertiary/aromatic N) is 1. The van der Waals surface area contributed by atoms with Gasteiger partial charge in [0.05, 0.1) is 12.1 Å². The second kappa shape index (κ2) is 10.6. The molecule has 7 heteroatoms. The lowest BCUT2D eigenvalue weighted by Crippen LogP contribution is -2.60. The van der Waals surface area contributed by atoms with E-state index in [4.69, 9.17) is 4.74 Å². The van der Waals surface area contributed by atoms with Gasteiger partial charge in [0.1, 0.15) is 12.6 Å². The van der Waals surface area contributed by atoms with E-state index < -0.39 is 12.0 Å². The molecule has 0 spiro atoms. The zero-order valence-corrected chi connectivity index (χ0v) is 18.1. The Bertz CT molecular complexity index is 1100. The monoisotopic (exact) mass is 443 g/mol. The number of ether oxygens (including phenoxy) is 1. The summed E-state index contributed by atoms with van der Waals surface area (Å²) < 4.78 is 5.36. The molecule has 1 atom stereocenters. The summed E-state index contributed by atoms with van der Waals surface area (Å²) in [6.45, 7) is 1.04. The van der Waals surface area contributed by atoms with Crippen LogP contribution < -0.4 is 15.5 Å². The van der Waals surface area contributed by atoms with E-state index in [9.17, 15) is 14.4 Å². The number of carbonyl (C=O) groups excluding carboxylic acids is 3. The molecule has 33 heavy (non-hydrogen) atoms. The molecule has 0 aromatic heterocycles. The molecule has 1 saturated heterocycles. The molecule has 0 aliphatic carbocycles. The van der Waals surface area contributed by atoms with Crippen molar-refractivity contribution in [1.82, 2.24) is 10.6 Å². The normalized spacial score (nSPS) is 15.7. The van der Waals surface area contributed by atoms with Gasteiger partial charge in [-0.15, -0.1) is 0 Å². The third-order valence-electron chi connectivity index (χ3n) is 5.40. The molecule has 0 saturated carbocycles. The van der Waals surface area contributed by atoms with Gasteiger partial charge in [-0.05, 0) is 35.4 Å². The van der Waals surface area contributed by atoms with Gasteiger partial charge in [0.25, 0.3) is 0 Å². The van der Waals surface area contributed by atoms with Gasteiger partial charge in [0.15, 0.2) is 0 Å². The lowest BCUT2D eigenvalue weighted by molar-refractivity contribution is -0.127. The quantitative estimate of drug-likeness (QED) is 0.548. The van der Waals surface area contributed by atoms with Crippen molar-refractivity contribution in [2.75, 3.05) is 18.0 Å². The molecule has 1 fully saturated rings. The summed E-state index contributed by atoms with van der Waals surface area (Å²) >= 11 is 0. The fraction of sp³-hybridized carbons (Fsp3) is 0.192. The van der Waals surface area contributed by atoms with Crippen molar-refractivity contribution in [2.45, 2.75) is 19.2 Å². The molecular formula is C26H25N3O4. The van der Waals surface area contributed by atoms with Crippen LogP contribution in [0.1, 0.15) is 21.5 Å². The first kappa shape index (κ1) is 22.2. The Hall–Kier alpha value is -3.97. The van der Waals surface area contributed by atoms with Gasteiger partial charge >= 0.3 is 5.97 Å². The number of esters is 1. The zero-order valence-electron chi connectivity index (χ0n) is 18.1. The van der Waals surface area contributed by atoms with Crippen molar-refractivity contribution in [3.8, 4) is 0 Å². The summed E-state index contributed by atoms with van der Waals surface area (Å²) in [5.41, 5.74) is 2.89. The lowest BCUT2D eigenvalue weighted by Gasteiger charge is -2.35. The van der Waals surface area contributed by atoms with Crippen molar-refractivity contribution < 1.29 is 19.1 Å². The lowest BCUT2D eigenvalue weighted by atomic mass is 10.1. The Kier molecular flexibility index (Phi) is 7.12. The molecular weight excluding hydrogens is 418 g/mol. The van der Waals surface area contributed by atoms with Crippen molar-refractivity contribution in [3.05, 3.63) is 102 Å². The zero-order chi connectivity index (χ0) is 23.0. The molecule has 1 heterocycles. The maximum Gasteiger partial charge on any atom is 0.338 e. The third kappa shape index (κ3) is 5.64. The van der Waals surface area contributed by atoms with Crippen LogP contribution >= 0.6 is 0 Å². The minimum Gasteiger partial charge on any atom is -0.457 e. The molecule has 0 radical (unpaired) electrons. The fourth-order valence-corrected chi connectivity index (χ4v) is 3.66. The molecule has 1 aliphatic rings. The summed E-state index contributed by atoms with van der Waals surface area (Å²) in [5, 5.41) is 5.93. The van der Waals surface area contributed by atoms with E-state index >= 15 is 0 Å². The van der Waals surface area contributed by atoms with E-state index in [0.717, 1.165) is 11.1 Å². The standard InChI is InChI=1S/C26H25N3O4/c30-24-17-27-16-23(25(31)28-15-19-7-3-1-4-8-19)29(24)22-13-11-20(12-14-22)18-33-26(32)21-9-5-2-6-10-21/h1-14,23,27H,15-18H2,(H,28,31)/t23-/m1/s1. The molecule has 0 bridgehead atoms. The minimum absolute atomic E-state index is 0.116. The van der Waals surface area contributed by atoms with E-state index in [1.165, 1.54) is 4.90 Å². The summed E-state index contributed by atoms with van der Waals surface area (Å²) in [6.07, 6.45) is 0. The van der Waals surface area contributed by atoms with E-state index in [2.05, 4.69) is 10.6 Å². The van der Waals surface area contributed by atoms with Crippen LogP contribution in [-0.2, 0) is 27.5 Å². The van der Waals surface area contributed by atoms with Crippen molar-refractivity contribution in [2.24, 2.45) is 0 Å². The number of nitrogens with one attached hydrogen (secondary N) is 2. The highest BCUT2D eigenvalue weighted by molar-refractivity contribution is 6.03. The van der Waals surface area contributed by atoms with Crippen LogP contribution in [0.3, 0.4) is 0 Å². The molecule has 7 nitrogen and oxygen atoms in total. The Morgan fingerprint density at radius 1 is 0.909 bits per heavy atom. The largest absolute Gasteiger partial charge is 0.457 e. The molecule has 0 unspecified atom stereocenters. The molecule has 3 aromatic rings. The van der Waals surface area contributed by atoms with Crippen LogP contribution in [0.5, 0.6) is 0 Å². The first-order chi connectivity index (χ1) is 16.1. The van der Waals surface area contributed by atoms with Crippen LogP contribution in [-0.4, -0.2) is 36.9 Å². The average molecular weight is 444 g/mol. The van der Waals surface area contributed by atoms with E-state index in [1.54, 1.807) is 48.5 Å². The number of carbonyl (C=O) groups is 3. The first-order valence-corrected chi connectivity index (χ1v) is 10.8. The maximum atomic E-state index is 12.9. The number of hydrogen-bond donors (Lipinski definition) is 2. The maximum absolute atomic E-state index is 12.9. The smallest absolute Gasteiger partial charge is 0.338 e. The summed E-state index contributed by atoms with van der Waals surface area (Å²) in [5.74, 6) is -0.795. The Labute approximate surface area is 192 Å². The van der Waals surface area contributed by atoms with Gasteiger partial charge in [-0.1, -0.05) is 60.7 Å². The van der Waals surface area contributed by atoms with Crippen LogP contribution in [0.4, 0.5) is 5.69 Å². The van der Waals surface area contributed by atoms with Gasteiger partial charge < -0.3 is 15.4 Å². The summed E-state index contributed by atoms with van der Waals surface area (Å²) in [4.78, 5) is 39.2. The van der Waals surface area contributed by atoms with E-state index in [-0.39, 0.29) is 25.0 Å². The molecule has 3 aromatic carbocycles. The second-order valence-electron chi connectivity index (χ2n) is 7.72. The van der Waals surface area contributed by atoms with Crippen LogP contribution in [0.15, 0.2) is 84.9 Å². The van der Waals surface area contributed by atoms with Crippen molar-refractivity contribution in [3.63, 3.8) is 0 Å². The van der Waals surface area contributed by atoms with E-state index in [1.807, 2.05) is 36.4 Å². The SMILES string of the molecule is O=C(OCc1ccc(N2C(=O)CNC[C@@H]2C(=O)NCc2ccccc2)cc1)c1ccccc1. The minimum atomic E-state index is -0.656. The number of rotatable bonds is 7. The molecule has 2 N–H and O–H groups in total. The van der Waals surface area contributed by atoms with Gasteiger partial charge in [-0.3, -0.25) is 14.5 Å². The van der Waals surface area contributed by atoms with Gasteiger partial charge in [-0.25, -0.2) is 4.79 Å². The number of anilines is 1. The number of hydrogen-bond acceptors (Lipinski definition) is 5. The number of benzene rings is 3.